The molecule has 0 saturated heterocycles. The molecule has 1 rings (SSSR count). The molecule has 0 aliphatic rings. The number of halogens is 1. The molecular formula is C8H12ClN5S. The van der Waals surface area contributed by atoms with Gasteiger partial charge < -0.3 is 17.2 Å². The van der Waals surface area contributed by atoms with Crippen molar-refractivity contribution in [1.82, 2.24) is 0 Å². The maximum Gasteiger partial charge on any atom is 0.218 e. The lowest BCUT2D eigenvalue weighted by Crippen LogP contribution is -2.26. The Morgan fingerprint density at radius 1 is 1.33 bits per heavy atom. The van der Waals surface area contributed by atoms with Crippen LogP contribution in [0.3, 0.4) is 0 Å². The minimum Gasteiger partial charge on any atom is -0.370 e. The predicted octanol–water partition coefficient (Wildman–Crippen LogP) is 0.532. The number of aliphatic imine (C=N–C) groups is 2. The molecule has 1 aromatic rings. The summed E-state index contributed by atoms with van der Waals surface area (Å²) in [6, 6.07) is 3.81. The number of thiophene rings is 1. The van der Waals surface area contributed by atoms with E-state index in [4.69, 9.17) is 28.8 Å². The molecule has 0 fully saturated rings. The van der Waals surface area contributed by atoms with E-state index in [-0.39, 0.29) is 11.9 Å². The van der Waals surface area contributed by atoms with E-state index in [9.17, 15) is 0 Å². The van der Waals surface area contributed by atoms with Crippen molar-refractivity contribution in [1.29, 1.82) is 0 Å². The molecule has 82 valence electrons. The number of hydrogen-bond acceptors (Lipinski definition) is 2. The summed E-state index contributed by atoms with van der Waals surface area (Å²) in [6.45, 7) is 0.541. The monoisotopic (exact) mass is 245 g/mol. The van der Waals surface area contributed by atoms with Gasteiger partial charge in [-0.25, -0.2) is 0 Å². The van der Waals surface area contributed by atoms with Crippen molar-refractivity contribution in [3.63, 3.8) is 0 Å². The van der Waals surface area contributed by atoms with Crippen LogP contribution in [0.4, 0.5) is 0 Å². The minimum absolute atomic E-state index is 0.0876. The molecule has 0 atom stereocenters. The van der Waals surface area contributed by atoms with Crippen molar-refractivity contribution in [3.8, 4) is 0 Å². The Morgan fingerprint density at radius 2 is 2.07 bits per heavy atom. The molecule has 0 amide bonds. The average Bonchev–Trinajstić information content (AvgIpc) is 2.50. The zero-order valence-electron chi connectivity index (χ0n) is 7.98. The minimum atomic E-state index is -0.0876. The fraction of sp³-hybridized carbons (Fsp3) is 0.250. The summed E-state index contributed by atoms with van der Waals surface area (Å²) in [5, 5.41) is 0. The first-order chi connectivity index (χ1) is 7.08. The van der Waals surface area contributed by atoms with Crippen LogP contribution in [0, 0.1) is 0 Å². The Bertz CT molecular complexity index is 380. The molecule has 0 aliphatic heterocycles. The Kier molecular flexibility index (Phi) is 4.38. The van der Waals surface area contributed by atoms with Crippen LogP contribution in [-0.2, 0) is 6.42 Å². The lowest BCUT2D eigenvalue weighted by molar-refractivity contribution is 0.980. The summed E-state index contributed by atoms with van der Waals surface area (Å²) >= 11 is 7.30. The summed E-state index contributed by atoms with van der Waals surface area (Å²) in [5.41, 5.74) is 15.7. The van der Waals surface area contributed by atoms with Gasteiger partial charge in [-0.05, 0) is 12.1 Å². The maximum absolute atomic E-state index is 5.77. The normalized spacial score (nSPS) is 11.4. The second-order valence-electron chi connectivity index (χ2n) is 2.73. The van der Waals surface area contributed by atoms with Crippen LogP contribution in [0.2, 0.25) is 4.34 Å². The van der Waals surface area contributed by atoms with Crippen molar-refractivity contribution in [3.05, 3.63) is 21.3 Å². The molecule has 0 radical (unpaired) electrons. The first-order valence-corrected chi connectivity index (χ1v) is 5.41. The van der Waals surface area contributed by atoms with Gasteiger partial charge in [0, 0.05) is 17.8 Å². The molecule has 15 heavy (non-hydrogen) atoms. The average molecular weight is 246 g/mol. The van der Waals surface area contributed by atoms with Crippen molar-refractivity contribution < 1.29 is 0 Å². The van der Waals surface area contributed by atoms with E-state index in [2.05, 4.69) is 9.98 Å². The van der Waals surface area contributed by atoms with Crippen LogP contribution >= 0.6 is 22.9 Å². The van der Waals surface area contributed by atoms with Crippen LogP contribution in [0.25, 0.3) is 0 Å². The highest BCUT2D eigenvalue weighted by Gasteiger charge is 1.97. The maximum atomic E-state index is 5.77. The summed E-state index contributed by atoms with van der Waals surface area (Å²) in [5.74, 6) is 0.00747. The Labute approximate surface area is 96.6 Å². The number of hydrogen-bond donors (Lipinski definition) is 3. The largest absolute Gasteiger partial charge is 0.370 e. The van der Waals surface area contributed by atoms with E-state index in [0.717, 1.165) is 15.6 Å². The third kappa shape index (κ3) is 4.66. The topological polar surface area (TPSA) is 103 Å². The van der Waals surface area contributed by atoms with Crippen LogP contribution in [0.15, 0.2) is 22.1 Å². The zero-order valence-corrected chi connectivity index (χ0v) is 9.55. The third-order valence-electron chi connectivity index (χ3n) is 1.50. The van der Waals surface area contributed by atoms with Gasteiger partial charge in [-0.15, -0.1) is 11.3 Å². The van der Waals surface area contributed by atoms with E-state index in [1.807, 2.05) is 12.1 Å². The van der Waals surface area contributed by atoms with E-state index in [0.29, 0.717) is 6.54 Å². The van der Waals surface area contributed by atoms with Crippen molar-refractivity contribution >= 4 is 34.9 Å². The molecule has 6 N–H and O–H groups in total. The molecule has 1 aromatic heterocycles. The first kappa shape index (κ1) is 11.8. The molecule has 0 aromatic carbocycles. The summed E-state index contributed by atoms with van der Waals surface area (Å²) in [7, 11) is 0. The van der Waals surface area contributed by atoms with E-state index in [1.54, 1.807) is 0 Å². The molecule has 0 unspecified atom stereocenters. The van der Waals surface area contributed by atoms with Gasteiger partial charge in [-0.1, -0.05) is 11.6 Å². The highest BCUT2D eigenvalue weighted by atomic mass is 35.5. The van der Waals surface area contributed by atoms with Gasteiger partial charge in [0.25, 0.3) is 0 Å². The van der Waals surface area contributed by atoms with Gasteiger partial charge in [0.2, 0.25) is 5.96 Å². The predicted molar refractivity (Wildman–Crippen MR) is 65.3 cm³/mol. The summed E-state index contributed by atoms with van der Waals surface area (Å²) in [4.78, 5) is 8.72. The summed E-state index contributed by atoms with van der Waals surface area (Å²) < 4.78 is 0.770. The molecule has 0 bridgehead atoms. The van der Waals surface area contributed by atoms with Gasteiger partial charge in [-0.2, -0.15) is 4.99 Å². The SMILES string of the molecule is NC(N)=NC(N)=NCCc1ccc(Cl)s1. The number of rotatable bonds is 3. The van der Waals surface area contributed by atoms with Crippen LogP contribution in [0.5, 0.6) is 0 Å². The second kappa shape index (κ2) is 5.57. The number of guanidine groups is 2. The van der Waals surface area contributed by atoms with Crippen molar-refractivity contribution in [2.45, 2.75) is 6.42 Å². The number of nitrogens with zero attached hydrogens (tertiary/aromatic N) is 2. The smallest absolute Gasteiger partial charge is 0.218 e. The Balaban J connectivity index is 2.42. The lowest BCUT2D eigenvalue weighted by Gasteiger charge is -1.94. The molecule has 7 heteroatoms. The fourth-order valence-electron chi connectivity index (χ4n) is 0.934. The van der Waals surface area contributed by atoms with Gasteiger partial charge >= 0.3 is 0 Å². The Morgan fingerprint density at radius 3 is 2.60 bits per heavy atom. The van der Waals surface area contributed by atoms with Crippen molar-refractivity contribution in [2.24, 2.45) is 27.2 Å². The summed E-state index contributed by atoms with van der Waals surface area (Å²) in [6.07, 6.45) is 0.776. The fourth-order valence-corrected chi connectivity index (χ4v) is 2.01. The van der Waals surface area contributed by atoms with Gasteiger partial charge in [0.05, 0.1) is 4.34 Å². The van der Waals surface area contributed by atoms with Gasteiger partial charge in [0.1, 0.15) is 0 Å². The molecule has 0 saturated carbocycles. The highest BCUT2D eigenvalue weighted by Crippen LogP contribution is 2.21. The number of nitrogens with two attached hydrogens (primary N) is 3. The molecule has 0 spiro atoms. The molecular weight excluding hydrogens is 234 g/mol. The Hall–Kier alpha value is -1.27. The first-order valence-electron chi connectivity index (χ1n) is 4.21. The highest BCUT2D eigenvalue weighted by molar-refractivity contribution is 7.16. The molecule has 0 aliphatic carbocycles. The van der Waals surface area contributed by atoms with Crippen LogP contribution in [0.1, 0.15) is 4.88 Å². The van der Waals surface area contributed by atoms with E-state index < -0.39 is 0 Å². The standard InChI is InChI=1S/C8H12ClN5S/c9-6-2-1-5(15-6)3-4-13-8(12)14-7(10)11/h1-2H,3-4H2,(H6,10,11,12,13,14). The molecule has 5 nitrogen and oxygen atoms in total. The second-order valence-corrected chi connectivity index (χ2v) is 4.53. The van der Waals surface area contributed by atoms with E-state index >= 15 is 0 Å². The third-order valence-corrected chi connectivity index (χ3v) is 2.80. The molecule has 1 heterocycles. The van der Waals surface area contributed by atoms with Crippen LogP contribution < -0.4 is 17.2 Å². The van der Waals surface area contributed by atoms with Crippen molar-refractivity contribution in [2.75, 3.05) is 6.54 Å². The van der Waals surface area contributed by atoms with Gasteiger partial charge in [0.15, 0.2) is 5.96 Å². The quantitative estimate of drug-likeness (QED) is 0.535. The van der Waals surface area contributed by atoms with E-state index in [1.165, 1.54) is 11.3 Å². The lowest BCUT2D eigenvalue weighted by atomic mass is 10.3. The van der Waals surface area contributed by atoms with Gasteiger partial charge in [-0.3, -0.25) is 4.99 Å². The zero-order chi connectivity index (χ0) is 11.3. The van der Waals surface area contributed by atoms with Crippen LogP contribution in [-0.4, -0.2) is 18.5 Å².